The predicted molar refractivity (Wildman–Crippen MR) is 103 cm³/mol. The monoisotopic (exact) mass is 408 g/mol. The van der Waals surface area contributed by atoms with Crippen molar-refractivity contribution in [1.82, 2.24) is 9.62 Å². The Bertz CT molecular complexity index is 897. The summed E-state index contributed by atoms with van der Waals surface area (Å²) in [5.74, 6) is -0.0180. The number of benzene rings is 2. The summed E-state index contributed by atoms with van der Waals surface area (Å²) in [5.41, 5.74) is 0.986. The largest absolute Gasteiger partial charge is 0.482 e. The summed E-state index contributed by atoms with van der Waals surface area (Å²) in [5, 5.41) is 2.91. The number of halogens is 1. The van der Waals surface area contributed by atoms with Crippen molar-refractivity contribution < 1.29 is 17.9 Å². The summed E-state index contributed by atoms with van der Waals surface area (Å²) in [6.45, 7) is 1.26. The Kier molecular flexibility index (Phi) is 6.36. The van der Waals surface area contributed by atoms with Crippen LogP contribution in [0.15, 0.2) is 53.4 Å². The minimum atomic E-state index is -3.53. The predicted octanol–water partition coefficient (Wildman–Crippen LogP) is 2.82. The molecule has 1 aliphatic heterocycles. The van der Waals surface area contributed by atoms with Gasteiger partial charge in [0.1, 0.15) is 5.75 Å². The van der Waals surface area contributed by atoms with E-state index in [1.54, 1.807) is 0 Å². The number of hydrogen-bond donors (Lipinski definition) is 1. The minimum Gasteiger partial charge on any atom is -0.482 e. The second kappa shape index (κ2) is 8.73. The molecule has 27 heavy (non-hydrogen) atoms. The van der Waals surface area contributed by atoms with E-state index in [0.29, 0.717) is 19.6 Å². The number of rotatable bonds is 7. The SMILES string of the molecule is O=C(COc1ccc(S(=O)(=O)N2CCCC2)cc1Cl)NCc1ccccc1. The van der Waals surface area contributed by atoms with Gasteiger partial charge in [-0.3, -0.25) is 4.79 Å². The number of carbonyl (C=O) groups is 1. The maximum absolute atomic E-state index is 12.5. The van der Waals surface area contributed by atoms with E-state index in [1.165, 1.54) is 22.5 Å². The molecule has 1 N–H and O–H groups in total. The third-order valence-corrected chi connectivity index (χ3v) is 6.49. The number of nitrogens with one attached hydrogen (secondary N) is 1. The Balaban J connectivity index is 1.57. The molecule has 0 aromatic heterocycles. The van der Waals surface area contributed by atoms with E-state index in [1.807, 2.05) is 30.3 Å². The molecule has 0 atom stereocenters. The van der Waals surface area contributed by atoms with Crippen molar-refractivity contribution in [2.24, 2.45) is 0 Å². The normalized spacial score (nSPS) is 14.9. The topological polar surface area (TPSA) is 75.7 Å². The summed E-state index contributed by atoms with van der Waals surface area (Å²) >= 11 is 6.16. The van der Waals surface area contributed by atoms with Crippen molar-refractivity contribution in [2.45, 2.75) is 24.3 Å². The van der Waals surface area contributed by atoms with Gasteiger partial charge in [0.2, 0.25) is 10.0 Å². The molecule has 2 aromatic carbocycles. The summed E-state index contributed by atoms with van der Waals surface area (Å²) in [6.07, 6.45) is 1.73. The first-order valence-electron chi connectivity index (χ1n) is 8.70. The molecule has 2 aromatic rings. The van der Waals surface area contributed by atoms with Crippen molar-refractivity contribution in [3.05, 3.63) is 59.1 Å². The standard InChI is InChI=1S/C19H21ClN2O4S/c20-17-12-16(27(24,25)22-10-4-5-11-22)8-9-18(17)26-14-19(23)21-13-15-6-2-1-3-7-15/h1-3,6-9,12H,4-5,10-11,13-14H2,(H,21,23). The van der Waals surface area contributed by atoms with E-state index in [-0.39, 0.29) is 28.2 Å². The van der Waals surface area contributed by atoms with Crippen LogP contribution in [0.3, 0.4) is 0 Å². The van der Waals surface area contributed by atoms with E-state index in [0.717, 1.165) is 18.4 Å². The number of carbonyl (C=O) groups excluding carboxylic acids is 1. The molecule has 1 heterocycles. The highest BCUT2D eigenvalue weighted by atomic mass is 35.5. The van der Waals surface area contributed by atoms with Crippen molar-refractivity contribution in [1.29, 1.82) is 0 Å². The van der Waals surface area contributed by atoms with E-state index in [9.17, 15) is 13.2 Å². The lowest BCUT2D eigenvalue weighted by atomic mass is 10.2. The van der Waals surface area contributed by atoms with Crippen molar-refractivity contribution in [2.75, 3.05) is 19.7 Å². The third kappa shape index (κ3) is 5.00. The highest BCUT2D eigenvalue weighted by Gasteiger charge is 2.27. The van der Waals surface area contributed by atoms with Crippen LogP contribution in [0.2, 0.25) is 5.02 Å². The zero-order valence-electron chi connectivity index (χ0n) is 14.7. The molecule has 1 fully saturated rings. The van der Waals surface area contributed by atoms with Crippen LogP contribution in [0.25, 0.3) is 0 Å². The Morgan fingerprint density at radius 1 is 1.11 bits per heavy atom. The van der Waals surface area contributed by atoms with Gasteiger partial charge < -0.3 is 10.1 Å². The molecule has 0 spiro atoms. The van der Waals surface area contributed by atoms with Gasteiger partial charge in [-0.2, -0.15) is 4.31 Å². The smallest absolute Gasteiger partial charge is 0.258 e. The highest BCUT2D eigenvalue weighted by Crippen LogP contribution is 2.29. The van der Waals surface area contributed by atoms with Gasteiger partial charge in [0.25, 0.3) is 5.91 Å². The van der Waals surface area contributed by atoms with E-state index in [4.69, 9.17) is 16.3 Å². The molecule has 0 radical (unpaired) electrons. The second-order valence-electron chi connectivity index (χ2n) is 6.25. The fraction of sp³-hybridized carbons (Fsp3) is 0.316. The van der Waals surface area contributed by atoms with Crippen LogP contribution in [-0.4, -0.2) is 38.3 Å². The average molecular weight is 409 g/mol. The quantitative estimate of drug-likeness (QED) is 0.764. The summed E-state index contributed by atoms with van der Waals surface area (Å²) in [7, 11) is -3.53. The minimum absolute atomic E-state index is 0.135. The van der Waals surface area contributed by atoms with Crippen LogP contribution < -0.4 is 10.1 Å². The summed E-state index contributed by atoms with van der Waals surface area (Å²) in [4.78, 5) is 12.1. The Hall–Kier alpha value is -2.09. The van der Waals surface area contributed by atoms with Gasteiger partial charge in [0.15, 0.2) is 6.61 Å². The lowest BCUT2D eigenvalue weighted by Gasteiger charge is -2.16. The summed E-state index contributed by atoms with van der Waals surface area (Å²) < 4.78 is 32.0. The maximum atomic E-state index is 12.5. The third-order valence-electron chi connectivity index (χ3n) is 4.30. The Morgan fingerprint density at radius 3 is 2.48 bits per heavy atom. The fourth-order valence-corrected chi connectivity index (χ4v) is 4.67. The van der Waals surface area contributed by atoms with Crippen LogP contribution in [0.1, 0.15) is 18.4 Å². The molecule has 1 saturated heterocycles. The highest BCUT2D eigenvalue weighted by molar-refractivity contribution is 7.89. The number of hydrogen-bond acceptors (Lipinski definition) is 4. The number of ether oxygens (including phenoxy) is 1. The molecular formula is C19H21ClN2O4S. The first kappa shape index (κ1) is 19.7. The molecule has 8 heteroatoms. The van der Waals surface area contributed by atoms with Crippen LogP contribution in [-0.2, 0) is 21.4 Å². The van der Waals surface area contributed by atoms with Crippen LogP contribution >= 0.6 is 11.6 Å². The fourth-order valence-electron chi connectivity index (χ4n) is 2.83. The Morgan fingerprint density at radius 2 is 1.81 bits per heavy atom. The molecule has 0 unspecified atom stereocenters. The zero-order chi connectivity index (χ0) is 19.3. The van der Waals surface area contributed by atoms with Gasteiger partial charge in [0.05, 0.1) is 9.92 Å². The molecule has 0 saturated carbocycles. The molecular weight excluding hydrogens is 388 g/mol. The Labute approximate surface area is 164 Å². The van der Waals surface area contributed by atoms with E-state index in [2.05, 4.69) is 5.32 Å². The first-order chi connectivity index (χ1) is 13.0. The molecule has 0 aliphatic carbocycles. The van der Waals surface area contributed by atoms with E-state index < -0.39 is 10.0 Å². The second-order valence-corrected chi connectivity index (χ2v) is 8.60. The van der Waals surface area contributed by atoms with Gasteiger partial charge in [0, 0.05) is 19.6 Å². The van der Waals surface area contributed by atoms with Crippen molar-refractivity contribution in [3.63, 3.8) is 0 Å². The first-order valence-corrected chi connectivity index (χ1v) is 10.5. The van der Waals surface area contributed by atoms with Gasteiger partial charge in [-0.1, -0.05) is 41.9 Å². The van der Waals surface area contributed by atoms with Crippen molar-refractivity contribution >= 4 is 27.5 Å². The molecule has 1 amide bonds. The van der Waals surface area contributed by atoms with Crippen LogP contribution in [0, 0.1) is 0 Å². The molecule has 1 aliphatic rings. The van der Waals surface area contributed by atoms with Crippen LogP contribution in [0.4, 0.5) is 0 Å². The lowest BCUT2D eigenvalue weighted by Crippen LogP contribution is -2.28. The molecule has 144 valence electrons. The molecule has 3 rings (SSSR count). The van der Waals surface area contributed by atoms with Gasteiger partial charge in [-0.15, -0.1) is 0 Å². The molecule has 6 nitrogen and oxygen atoms in total. The maximum Gasteiger partial charge on any atom is 0.258 e. The van der Waals surface area contributed by atoms with Crippen molar-refractivity contribution in [3.8, 4) is 5.75 Å². The lowest BCUT2D eigenvalue weighted by molar-refractivity contribution is -0.123. The van der Waals surface area contributed by atoms with Crippen LogP contribution in [0.5, 0.6) is 5.75 Å². The molecule has 0 bridgehead atoms. The number of amides is 1. The average Bonchev–Trinajstić information content (AvgIpc) is 3.22. The van der Waals surface area contributed by atoms with E-state index >= 15 is 0 Å². The zero-order valence-corrected chi connectivity index (χ0v) is 16.3. The van der Waals surface area contributed by atoms with Gasteiger partial charge >= 0.3 is 0 Å². The van der Waals surface area contributed by atoms with Gasteiger partial charge in [-0.05, 0) is 36.6 Å². The van der Waals surface area contributed by atoms with Gasteiger partial charge in [-0.25, -0.2) is 8.42 Å². The summed E-state index contributed by atoms with van der Waals surface area (Å²) in [6, 6.07) is 13.8. The number of sulfonamides is 1. The number of nitrogens with zero attached hydrogens (tertiary/aromatic N) is 1.